The molecule has 1 aromatic rings. The molecule has 17 heavy (non-hydrogen) atoms. The van der Waals surface area contributed by atoms with Crippen molar-refractivity contribution in [3.63, 3.8) is 0 Å². The van der Waals surface area contributed by atoms with Crippen LogP contribution in [0.3, 0.4) is 0 Å². The summed E-state index contributed by atoms with van der Waals surface area (Å²) in [5.74, 6) is -0.487. The molecule has 5 nitrogen and oxygen atoms in total. The highest BCUT2D eigenvalue weighted by molar-refractivity contribution is 5.81. The molecule has 0 saturated carbocycles. The molecule has 1 amide bonds. The van der Waals surface area contributed by atoms with E-state index in [1.807, 2.05) is 30.3 Å². The highest BCUT2D eigenvalue weighted by Crippen LogP contribution is 2.03. The second kappa shape index (κ2) is 7.27. The molecule has 0 radical (unpaired) electrons. The van der Waals surface area contributed by atoms with Crippen molar-refractivity contribution in [3.8, 4) is 0 Å². The van der Waals surface area contributed by atoms with Gasteiger partial charge in [-0.05, 0) is 12.1 Å². The van der Waals surface area contributed by atoms with Crippen LogP contribution in [-0.4, -0.2) is 32.1 Å². The Hall–Kier alpha value is -2.04. The summed E-state index contributed by atoms with van der Waals surface area (Å²) in [5, 5.41) is 5.58. The largest absolute Gasteiger partial charge is 0.469 e. The van der Waals surface area contributed by atoms with Crippen LogP contribution in [0.2, 0.25) is 0 Å². The number of hydrogen-bond acceptors (Lipinski definition) is 4. The van der Waals surface area contributed by atoms with Gasteiger partial charge in [-0.3, -0.25) is 9.59 Å². The molecule has 1 rings (SSSR count). The number of rotatable bonds is 6. The van der Waals surface area contributed by atoms with E-state index in [2.05, 4.69) is 15.4 Å². The van der Waals surface area contributed by atoms with Crippen LogP contribution >= 0.6 is 0 Å². The fourth-order valence-corrected chi connectivity index (χ4v) is 1.21. The Kier molecular flexibility index (Phi) is 5.57. The van der Waals surface area contributed by atoms with Crippen LogP contribution in [0, 0.1) is 0 Å². The molecule has 0 aromatic heterocycles. The van der Waals surface area contributed by atoms with Gasteiger partial charge in [-0.2, -0.15) is 0 Å². The molecular formula is C12H16N2O3. The Labute approximate surface area is 100 Å². The Morgan fingerprint density at radius 1 is 1.24 bits per heavy atom. The van der Waals surface area contributed by atoms with Gasteiger partial charge in [0.1, 0.15) is 0 Å². The van der Waals surface area contributed by atoms with Crippen molar-refractivity contribution in [1.29, 1.82) is 0 Å². The average Bonchev–Trinajstić information content (AvgIpc) is 2.37. The van der Waals surface area contributed by atoms with E-state index in [4.69, 9.17) is 0 Å². The van der Waals surface area contributed by atoms with Gasteiger partial charge in [0.15, 0.2) is 0 Å². The van der Waals surface area contributed by atoms with Gasteiger partial charge in [0.25, 0.3) is 0 Å². The first kappa shape index (κ1) is 13.0. The molecule has 0 aliphatic carbocycles. The van der Waals surface area contributed by atoms with Gasteiger partial charge >= 0.3 is 5.97 Å². The lowest BCUT2D eigenvalue weighted by Crippen LogP contribution is -2.31. The number of nitrogens with one attached hydrogen (secondary N) is 2. The first-order chi connectivity index (χ1) is 8.22. The molecule has 0 fully saturated rings. The molecule has 2 N–H and O–H groups in total. The summed E-state index contributed by atoms with van der Waals surface area (Å²) >= 11 is 0. The van der Waals surface area contributed by atoms with Crippen molar-refractivity contribution in [2.75, 3.05) is 25.5 Å². The van der Waals surface area contributed by atoms with E-state index in [0.29, 0.717) is 6.54 Å². The molecule has 0 heterocycles. The van der Waals surface area contributed by atoms with Crippen LogP contribution in [0.15, 0.2) is 30.3 Å². The predicted octanol–water partition coefficient (Wildman–Crippen LogP) is 0.778. The number of anilines is 1. The van der Waals surface area contributed by atoms with Crippen molar-refractivity contribution < 1.29 is 14.3 Å². The minimum atomic E-state index is -0.332. The molecule has 0 spiro atoms. The van der Waals surface area contributed by atoms with Crippen molar-refractivity contribution >= 4 is 17.6 Å². The molecule has 0 aliphatic heterocycles. The molecule has 1 aromatic carbocycles. The summed E-state index contributed by atoms with van der Waals surface area (Å²) in [6.07, 6.45) is 0.188. The minimum Gasteiger partial charge on any atom is -0.469 e. The zero-order valence-electron chi connectivity index (χ0n) is 9.73. The standard InChI is InChI=1S/C12H16N2O3/c1-17-12(16)7-8-13-11(15)9-14-10-5-3-2-4-6-10/h2-6,14H,7-9H2,1H3,(H,13,15). The van der Waals surface area contributed by atoms with E-state index < -0.39 is 0 Å². The molecule has 0 atom stereocenters. The summed E-state index contributed by atoms with van der Waals surface area (Å²) in [7, 11) is 1.32. The quantitative estimate of drug-likeness (QED) is 0.716. The Bertz CT molecular complexity index is 365. The van der Waals surface area contributed by atoms with Gasteiger partial charge in [0.2, 0.25) is 5.91 Å². The van der Waals surface area contributed by atoms with E-state index in [1.165, 1.54) is 7.11 Å². The number of carbonyl (C=O) groups is 2. The number of carbonyl (C=O) groups excluding carboxylic acids is 2. The van der Waals surface area contributed by atoms with Gasteiger partial charge in [0, 0.05) is 12.2 Å². The Morgan fingerprint density at radius 3 is 2.59 bits per heavy atom. The second-order valence-electron chi connectivity index (χ2n) is 3.40. The van der Waals surface area contributed by atoms with Crippen molar-refractivity contribution in [1.82, 2.24) is 5.32 Å². The third-order valence-electron chi connectivity index (χ3n) is 2.11. The SMILES string of the molecule is COC(=O)CCNC(=O)CNc1ccccc1. The molecule has 0 aliphatic rings. The van der Waals surface area contributed by atoms with Crippen molar-refractivity contribution in [3.05, 3.63) is 30.3 Å². The van der Waals surface area contributed by atoms with Crippen molar-refractivity contribution in [2.45, 2.75) is 6.42 Å². The average molecular weight is 236 g/mol. The van der Waals surface area contributed by atoms with Crippen LogP contribution < -0.4 is 10.6 Å². The number of hydrogen-bond donors (Lipinski definition) is 2. The summed E-state index contributed by atoms with van der Waals surface area (Å²) in [6, 6.07) is 9.43. The molecular weight excluding hydrogens is 220 g/mol. The highest BCUT2D eigenvalue weighted by Gasteiger charge is 2.03. The number of benzene rings is 1. The molecule has 0 unspecified atom stereocenters. The number of esters is 1. The normalized spacial score (nSPS) is 9.47. The van der Waals surface area contributed by atoms with E-state index >= 15 is 0 Å². The van der Waals surface area contributed by atoms with E-state index in [1.54, 1.807) is 0 Å². The first-order valence-corrected chi connectivity index (χ1v) is 5.35. The zero-order valence-corrected chi connectivity index (χ0v) is 9.73. The predicted molar refractivity (Wildman–Crippen MR) is 64.6 cm³/mol. The fraction of sp³-hybridized carbons (Fsp3) is 0.333. The lowest BCUT2D eigenvalue weighted by atomic mass is 10.3. The lowest BCUT2D eigenvalue weighted by molar-refractivity contribution is -0.140. The smallest absolute Gasteiger partial charge is 0.307 e. The lowest BCUT2D eigenvalue weighted by Gasteiger charge is -2.06. The van der Waals surface area contributed by atoms with Gasteiger partial charge in [-0.25, -0.2) is 0 Å². The fourth-order valence-electron chi connectivity index (χ4n) is 1.21. The van der Waals surface area contributed by atoms with E-state index in [9.17, 15) is 9.59 Å². The van der Waals surface area contributed by atoms with Gasteiger partial charge in [-0.1, -0.05) is 18.2 Å². The number of amides is 1. The number of methoxy groups -OCH3 is 1. The minimum absolute atomic E-state index is 0.155. The van der Waals surface area contributed by atoms with Crippen LogP contribution in [0.5, 0.6) is 0 Å². The number of ether oxygens (including phenoxy) is 1. The van der Waals surface area contributed by atoms with Gasteiger partial charge < -0.3 is 15.4 Å². The van der Waals surface area contributed by atoms with Crippen LogP contribution in [0.4, 0.5) is 5.69 Å². The molecule has 0 saturated heterocycles. The first-order valence-electron chi connectivity index (χ1n) is 5.35. The second-order valence-corrected chi connectivity index (χ2v) is 3.40. The molecule has 0 bridgehead atoms. The maximum atomic E-state index is 11.4. The van der Waals surface area contributed by atoms with Crippen molar-refractivity contribution in [2.24, 2.45) is 0 Å². The third kappa shape index (κ3) is 5.55. The summed E-state index contributed by atoms with van der Waals surface area (Å²) in [6.45, 7) is 0.479. The van der Waals surface area contributed by atoms with E-state index in [0.717, 1.165) is 5.69 Å². The van der Waals surface area contributed by atoms with Crippen LogP contribution in [-0.2, 0) is 14.3 Å². The molecule has 92 valence electrons. The summed E-state index contributed by atoms with van der Waals surface area (Å²) in [4.78, 5) is 22.1. The topological polar surface area (TPSA) is 67.4 Å². The van der Waals surface area contributed by atoms with Gasteiger partial charge in [0.05, 0.1) is 20.1 Å². The van der Waals surface area contributed by atoms with E-state index in [-0.39, 0.29) is 24.8 Å². The number of para-hydroxylation sites is 1. The van der Waals surface area contributed by atoms with Crippen LogP contribution in [0.1, 0.15) is 6.42 Å². The Balaban J connectivity index is 2.16. The zero-order chi connectivity index (χ0) is 12.5. The molecule has 5 heteroatoms. The highest BCUT2D eigenvalue weighted by atomic mass is 16.5. The maximum Gasteiger partial charge on any atom is 0.307 e. The monoisotopic (exact) mass is 236 g/mol. The van der Waals surface area contributed by atoms with Gasteiger partial charge in [-0.15, -0.1) is 0 Å². The maximum absolute atomic E-state index is 11.4. The summed E-state index contributed by atoms with van der Waals surface area (Å²) in [5.41, 5.74) is 0.885. The van der Waals surface area contributed by atoms with Crippen LogP contribution in [0.25, 0.3) is 0 Å². The summed E-state index contributed by atoms with van der Waals surface area (Å²) < 4.78 is 4.46. The Morgan fingerprint density at radius 2 is 1.94 bits per heavy atom. The third-order valence-corrected chi connectivity index (χ3v) is 2.11.